The molecule has 12 nitrogen and oxygen atoms in total. The van der Waals surface area contributed by atoms with E-state index in [1.54, 1.807) is 0 Å². The fourth-order valence-corrected chi connectivity index (χ4v) is 8.09. The molecule has 2 amide bonds. The van der Waals surface area contributed by atoms with Crippen LogP contribution in [0.15, 0.2) is 70.5 Å². The molecular formula is C24H17Cl2N2O10S2+. The van der Waals surface area contributed by atoms with Crippen molar-refractivity contribution in [1.29, 1.82) is 0 Å². The molecule has 0 radical (unpaired) electrons. The average molecular weight is 628 g/mol. The first-order valence-electron chi connectivity index (χ1n) is 11.8. The number of hydrogen-bond acceptors (Lipinski definition) is 10. The summed E-state index contributed by atoms with van der Waals surface area (Å²) < 4.78 is 62.0. The largest absolute Gasteiger partial charge is 0.330 e. The Balaban J connectivity index is 1.33. The third-order valence-electron chi connectivity index (χ3n) is 7.60. The highest BCUT2D eigenvalue weighted by Crippen LogP contribution is 2.55. The highest BCUT2D eigenvalue weighted by molar-refractivity contribution is 7.87. The smallest absolute Gasteiger partial charge is 0.298 e. The number of imide groups is 1. The molecule has 1 saturated carbocycles. The lowest BCUT2D eigenvalue weighted by atomic mass is 9.63. The normalized spacial score (nSPS) is 31.1. The summed E-state index contributed by atoms with van der Waals surface area (Å²) in [6.45, 7) is 0. The van der Waals surface area contributed by atoms with Crippen LogP contribution >= 0.6 is 23.2 Å². The number of Topliss-reactive ketones (excluding diaryl/α,β-unsaturated/α-hetero) is 1. The molecule has 0 spiro atoms. The van der Waals surface area contributed by atoms with Gasteiger partial charge >= 0.3 is 26.5 Å². The fraction of sp³-hybridized carbons (Fsp3) is 0.292. The number of allylic oxidation sites excluding steroid dienone is 1. The van der Waals surface area contributed by atoms with Gasteiger partial charge in [0.25, 0.3) is 11.8 Å². The van der Waals surface area contributed by atoms with Crippen molar-refractivity contribution in [3.8, 4) is 0 Å². The van der Waals surface area contributed by atoms with Crippen molar-refractivity contribution in [3.05, 3.63) is 75.6 Å². The van der Waals surface area contributed by atoms with Crippen molar-refractivity contribution in [1.82, 2.24) is 5.06 Å². The van der Waals surface area contributed by atoms with Gasteiger partial charge in [0.05, 0.1) is 27.5 Å². The molecule has 208 valence electrons. The maximum Gasteiger partial charge on any atom is 0.330 e. The number of carbonyl (C=O) groups is 3. The molecule has 2 aromatic rings. The first kappa shape index (κ1) is 27.2. The maximum atomic E-state index is 13.6. The van der Waals surface area contributed by atoms with Crippen molar-refractivity contribution in [2.75, 3.05) is 0 Å². The zero-order valence-electron chi connectivity index (χ0n) is 19.9. The fourth-order valence-electron chi connectivity index (χ4n) is 5.90. The van der Waals surface area contributed by atoms with E-state index in [2.05, 4.69) is 0 Å². The number of halogens is 2. The predicted octanol–water partition coefficient (Wildman–Crippen LogP) is 2.11. The van der Waals surface area contributed by atoms with E-state index < -0.39 is 79.7 Å². The second kappa shape index (κ2) is 9.26. The number of amides is 2. The number of hydroxylamine groups is 2. The predicted molar refractivity (Wildman–Crippen MR) is 134 cm³/mol. The van der Waals surface area contributed by atoms with Crippen LogP contribution in [0.1, 0.15) is 0 Å². The lowest BCUT2D eigenvalue weighted by Crippen LogP contribution is -2.49. The van der Waals surface area contributed by atoms with Gasteiger partial charge < -0.3 is 0 Å². The summed E-state index contributed by atoms with van der Waals surface area (Å²) in [6, 6.07) is 8.53. The molecule has 7 rings (SSSR count). The van der Waals surface area contributed by atoms with E-state index in [-0.39, 0.29) is 29.7 Å². The molecule has 7 atom stereocenters. The molecule has 16 heteroatoms. The highest BCUT2D eigenvalue weighted by atomic mass is 35.5. The lowest BCUT2D eigenvalue weighted by molar-refractivity contribution is -0.624. The first-order chi connectivity index (χ1) is 18.8. The summed E-state index contributed by atoms with van der Waals surface area (Å²) in [4.78, 5) is 53.0. The van der Waals surface area contributed by atoms with Gasteiger partial charge in [-0.1, -0.05) is 29.3 Å². The van der Waals surface area contributed by atoms with E-state index in [1.807, 2.05) is 0 Å². The molecule has 2 aromatic carbocycles. The third kappa shape index (κ3) is 4.04. The van der Waals surface area contributed by atoms with Crippen LogP contribution in [0.3, 0.4) is 0 Å². The Morgan fingerprint density at radius 3 is 1.82 bits per heavy atom. The van der Waals surface area contributed by atoms with E-state index in [0.717, 1.165) is 12.1 Å². The highest BCUT2D eigenvalue weighted by Gasteiger charge is 2.74. The Morgan fingerprint density at radius 1 is 0.725 bits per heavy atom. The van der Waals surface area contributed by atoms with Crippen LogP contribution in [0, 0.1) is 34.5 Å². The Hall–Kier alpha value is -3.01. The van der Waals surface area contributed by atoms with Crippen LogP contribution in [-0.2, 0) is 43.1 Å². The third-order valence-corrected chi connectivity index (χ3v) is 10.6. The van der Waals surface area contributed by atoms with Crippen LogP contribution in [0.4, 0.5) is 0 Å². The van der Waals surface area contributed by atoms with Gasteiger partial charge in [-0.3, -0.25) is 14.4 Å². The van der Waals surface area contributed by atoms with Crippen molar-refractivity contribution < 1.29 is 44.4 Å². The monoisotopic (exact) mass is 627 g/mol. The van der Waals surface area contributed by atoms with Crippen LogP contribution < -0.4 is 0 Å². The number of benzene rings is 2. The number of ketones is 1. The number of rotatable bonds is 6. The summed E-state index contributed by atoms with van der Waals surface area (Å²) in [5, 5.41) is 0.603. The number of carbonyl (C=O) groups excluding carboxylic acids is 3. The minimum Gasteiger partial charge on any atom is -0.298 e. The van der Waals surface area contributed by atoms with E-state index in [0.29, 0.717) is 0 Å². The van der Waals surface area contributed by atoms with E-state index >= 15 is 0 Å². The standard InChI is InChI=1S/C24H17Cl2N2O10S2/c25-11-1-5-13(6-2-11)39(33,34)37-24-20-18-16(27(24)32)10-9-15(21(20)29)17-19(18)23(31)28(22(17)30)38-40(35,36)14-7-3-12(26)4-8-14/h1-10,15-20,24H/q+1. The van der Waals surface area contributed by atoms with Crippen molar-refractivity contribution in [2.45, 2.75) is 22.1 Å². The molecule has 2 heterocycles. The SMILES string of the molecule is O=C1C2C=CC3C(C4C(=O)N(OS(=O)(=O)c5ccc(Cl)cc5)C(=O)C24)C1C(OS(=O)(=O)c1ccc(Cl)cc1)[N+]3=O. The van der Waals surface area contributed by atoms with E-state index in [1.165, 1.54) is 48.6 Å². The quantitative estimate of drug-likeness (QED) is 0.201. The summed E-state index contributed by atoms with van der Waals surface area (Å²) in [5.41, 5.74) is 0. The Labute approximate surface area is 237 Å². The molecule has 4 bridgehead atoms. The minimum atomic E-state index is -4.66. The van der Waals surface area contributed by atoms with Crippen molar-refractivity contribution >= 4 is 61.0 Å². The Morgan fingerprint density at radius 2 is 1.25 bits per heavy atom. The lowest BCUT2D eigenvalue weighted by Gasteiger charge is -2.33. The molecule has 3 fully saturated rings. The van der Waals surface area contributed by atoms with Crippen LogP contribution in [0.25, 0.3) is 0 Å². The maximum absolute atomic E-state index is 13.6. The zero-order chi connectivity index (χ0) is 28.7. The van der Waals surface area contributed by atoms with Crippen molar-refractivity contribution in [3.63, 3.8) is 0 Å². The zero-order valence-corrected chi connectivity index (χ0v) is 23.0. The van der Waals surface area contributed by atoms with Gasteiger partial charge in [-0.05, 0) is 54.6 Å². The molecular weight excluding hydrogens is 611 g/mol. The topological polar surface area (TPSA) is 161 Å². The molecule has 0 aromatic heterocycles. The number of hydrogen-bond donors (Lipinski definition) is 0. The van der Waals surface area contributed by atoms with E-state index in [9.17, 15) is 36.1 Å². The molecule has 2 saturated heterocycles. The Kier molecular flexibility index (Phi) is 6.29. The Bertz CT molecular complexity index is 1730. The van der Waals surface area contributed by atoms with Crippen molar-refractivity contribution in [2.24, 2.45) is 29.6 Å². The minimum absolute atomic E-state index is 0.103. The summed E-state index contributed by atoms with van der Waals surface area (Å²) in [5.74, 6) is -9.32. The first-order valence-corrected chi connectivity index (χ1v) is 15.3. The molecule has 5 aliphatic rings. The number of nitrogens with zero attached hydrogens (tertiary/aromatic N) is 2. The molecule has 0 N–H and O–H groups in total. The van der Waals surface area contributed by atoms with Gasteiger partial charge in [-0.2, -0.15) is 21.0 Å². The van der Waals surface area contributed by atoms with Crippen LogP contribution in [-0.4, -0.2) is 56.5 Å². The second-order valence-corrected chi connectivity index (χ2v) is 13.6. The summed E-state index contributed by atoms with van der Waals surface area (Å²) >= 11 is 11.6. The van der Waals surface area contributed by atoms with E-state index in [4.69, 9.17) is 31.7 Å². The van der Waals surface area contributed by atoms with Gasteiger partial charge in [0.1, 0.15) is 5.92 Å². The molecule has 7 unspecified atom stereocenters. The number of nitroso groups, excluding NO2 is 1. The molecule has 40 heavy (non-hydrogen) atoms. The van der Waals surface area contributed by atoms with Gasteiger partial charge in [0.2, 0.25) is 6.04 Å². The average Bonchev–Trinajstić information content (AvgIpc) is 3.14. The van der Waals surface area contributed by atoms with Crippen LogP contribution in [0.5, 0.6) is 0 Å². The summed E-state index contributed by atoms with van der Waals surface area (Å²) in [7, 11) is -9.21. The molecule has 2 aliphatic heterocycles. The summed E-state index contributed by atoms with van der Waals surface area (Å²) in [6.07, 6.45) is 0.849. The molecule has 3 aliphatic carbocycles. The van der Waals surface area contributed by atoms with Crippen LogP contribution in [0.2, 0.25) is 10.0 Å². The van der Waals surface area contributed by atoms with Gasteiger partial charge in [-0.15, -0.1) is 9.35 Å². The van der Waals surface area contributed by atoms with Gasteiger partial charge in [0.15, 0.2) is 5.78 Å². The van der Waals surface area contributed by atoms with Gasteiger partial charge in [0, 0.05) is 25.6 Å². The van der Waals surface area contributed by atoms with Gasteiger partial charge in [-0.25, -0.2) is 0 Å². The second-order valence-electron chi connectivity index (χ2n) is 9.67.